The van der Waals surface area contributed by atoms with Gasteiger partial charge >= 0.3 is 0 Å². The van der Waals surface area contributed by atoms with E-state index in [1.54, 1.807) is 37.8 Å². The molecule has 0 aliphatic carbocycles. The van der Waals surface area contributed by atoms with Crippen molar-refractivity contribution in [3.8, 4) is 0 Å². The molecule has 0 saturated heterocycles. The monoisotopic (exact) mass is 230 g/mol. The Morgan fingerprint density at radius 3 is 2.73 bits per heavy atom. The highest BCUT2D eigenvalue weighted by molar-refractivity contribution is 6.31. The summed E-state index contributed by atoms with van der Waals surface area (Å²) in [5.74, 6) is -0.147. The van der Waals surface area contributed by atoms with Crippen LogP contribution in [0.1, 0.15) is 17.4 Å². The standard InChI is InChI=1S/C10H15ClN2O2/c1-7(6-14)13(3)10(15)9-4-8(11)5-12(9)2/h4-5,7,14H,6H2,1-3H3. The molecule has 15 heavy (non-hydrogen) atoms. The van der Waals surface area contributed by atoms with Crippen LogP contribution < -0.4 is 0 Å². The number of aryl methyl sites for hydroxylation is 1. The van der Waals surface area contributed by atoms with Gasteiger partial charge in [0.1, 0.15) is 5.69 Å². The second kappa shape index (κ2) is 4.68. The highest BCUT2D eigenvalue weighted by Gasteiger charge is 2.19. The molecule has 0 aliphatic heterocycles. The van der Waals surface area contributed by atoms with E-state index < -0.39 is 0 Å². The Hall–Kier alpha value is -1.00. The van der Waals surface area contributed by atoms with Crippen LogP contribution in [0, 0.1) is 0 Å². The molecule has 1 aromatic heterocycles. The molecule has 1 aromatic rings. The fourth-order valence-electron chi connectivity index (χ4n) is 1.24. The van der Waals surface area contributed by atoms with Gasteiger partial charge in [0.2, 0.25) is 0 Å². The number of hydrogen-bond donors (Lipinski definition) is 1. The Kier molecular flexibility index (Phi) is 3.77. The SMILES string of the molecule is CC(CO)N(C)C(=O)c1cc(Cl)cn1C. The molecule has 0 radical (unpaired) electrons. The molecule has 0 aliphatic rings. The second-order valence-corrected chi connectivity index (χ2v) is 4.04. The number of nitrogens with zero attached hydrogens (tertiary/aromatic N) is 2. The van der Waals surface area contributed by atoms with Crippen molar-refractivity contribution in [2.24, 2.45) is 7.05 Å². The number of halogens is 1. The first-order chi connectivity index (χ1) is 6.97. The molecule has 5 heteroatoms. The molecular weight excluding hydrogens is 216 g/mol. The Bertz CT molecular complexity index is 362. The molecule has 0 saturated carbocycles. The van der Waals surface area contributed by atoms with E-state index in [0.717, 1.165) is 0 Å². The van der Waals surface area contributed by atoms with Gasteiger partial charge < -0.3 is 14.6 Å². The third-order valence-corrected chi connectivity index (χ3v) is 2.64. The first kappa shape index (κ1) is 12.1. The fraction of sp³-hybridized carbons (Fsp3) is 0.500. The molecule has 84 valence electrons. The minimum atomic E-state index is -0.203. The van der Waals surface area contributed by atoms with Crippen LogP contribution in [-0.4, -0.2) is 40.2 Å². The van der Waals surface area contributed by atoms with Crippen LogP contribution >= 0.6 is 11.6 Å². The number of likely N-dealkylation sites (N-methyl/N-ethyl adjacent to an activating group) is 1. The number of hydrogen-bond acceptors (Lipinski definition) is 2. The molecule has 1 N–H and O–H groups in total. The van der Waals surface area contributed by atoms with Crippen LogP contribution in [0.15, 0.2) is 12.3 Å². The maximum Gasteiger partial charge on any atom is 0.270 e. The number of carbonyl (C=O) groups excluding carboxylic acids is 1. The Balaban J connectivity index is 2.89. The molecule has 1 atom stereocenters. The predicted octanol–water partition coefficient (Wildman–Crippen LogP) is 1.13. The normalized spacial score (nSPS) is 12.6. The van der Waals surface area contributed by atoms with Gasteiger partial charge in [-0.05, 0) is 13.0 Å². The van der Waals surface area contributed by atoms with Gasteiger partial charge in [-0.25, -0.2) is 0 Å². The zero-order chi connectivity index (χ0) is 11.6. The van der Waals surface area contributed by atoms with Crippen molar-refractivity contribution in [2.45, 2.75) is 13.0 Å². The summed E-state index contributed by atoms with van der Waals surface area (Å²) in [7, 11) is 3.42. The third kappa shape index (κ3) is 2.52. The largest absolute Gasteiger partial charge is 0.394 e. The van der Waals surface area contributed by atoms with E-state index in [-0.39, 0.29) is 18.6 Å². The van der Waals surface area contributed by atoms with Crippen molar-refractivity contribution in [3.63, 3.8) is 0 Å². The molecule has 0 spiro atoms. The molecule has 1 unspecified atom stereocenters. The number of aromatic nitrogens is 1. The first-order valence-corrected chi connectivity index (χ1v) is 5.05. The summed E-state index contributed by atoms with van der Waals surface area (Å²) in [6.07, 6.45) is 1.67. The number of aliphatic hydroxyl groups is 1. The molecular formula is C10H15ClN2O2. The van der Waals surface area contributed by atoms with Crippen molar-refractivity contribution < 1.29 is 9.90 Å². The molecule has 1 heterocycles. The van der Waals surface area contributed by atoms with Crippen LogP contribution in [0.3, 0.4) is 0 Å². The van der Waals surface area contributed by atoms with Crippen LogP contribution in [-0.2, 0) is 7.05 Å². The number of amides is 1. The molecule has 4 nitrogen and oxygen atoms in total. The minimum absolute atomic E-state index is 0.0552. The lowest BCUT2D eigenvalue weighted by Crippen LogP contribution is -2.38. The highest BCUT2D eigenvalue weighted by atomic mass is 35.5. The Morgan fingerprint density at radius 1 is 1.73 bits per heavy atom. The summed E-state index contributed by atoms with van der Waals surface area (Å²) < 4.78 is 1.67. The summed E-state index contributed by atoms with van der Waals surface area (Å²) in [5.41, 5.74) is 0.516. The van der Waals surface area contributed by atoms with Crippen molar-refractivity contribution in [1.82, 2.24) is 9.47 Å². The quantitative estimate of drug-likeness (QED) is 0.846. The first-order valence-electron chi connectivity index (χ1n) is 4.67. The van der Waals surface area contributed by atoms with E-state index in [4.69, 9.17) is 16.7 Å². The lowest BCUT2D eigenvalue weighted by Gasteiger charge is -2.23. The lowest BCUT2D eigenvalue weighted by molar-refractivity contribution is 0.0672. The maximum atomic E-state index is 11.9. The van der Waals surface area contributed by atoms with Gasteiger partial charge in [-0.1, -0.05) is 11.6 Å². The summed E-state index contributed by atoms with van der Waals surface area (Å²) in [6.45, 7) is 1.73. The van der Waals surface area contributed by atoms with Gasteiger partial charge in [0.05, 0.1) is 17.7 Å². The number of aliphatic hydroxyl groups excluding tert-OH is 1. The van der Waals surface area contributed by atoms with Gasteiger partial charge in [-0.15, -0.1) is 0 Å². The van der Waals surface area contributed by atoms with Gasteiger partial charge in [0.15, 0.2) is 0 Å². The van der Waals surface area contributed by atoms with E-state index in [9.17, 15) is 4.79 Å². The van der Waals surface area contributed by atoms with E-state index in [1.165, 1.54) is 4.90 Å². The van der Waals surface area contributed by atoms with E-state index in [2.05, 4.69) is 0 Å². The molecule has 0 aromatic carbocycles. The summed E-state index contributed by atoms with van der Waals surface area (Å²) in [4.78, 5) is 13.4. The molecule has 0 fully saturated rings. The maximum absolute atomic E-state index is 11.9. The van der Waals surface area contributed by atoms with Gasteiger partial charge in [-0.3, -0.25) is 4.79 Å². The number of rotatable bonds is 3. The van der Waals surface area contributed by atoms with E-state index in [1.807, 2.05) is 0 Å². The fourth-order valence-corrected chi connectivity index (χ4v) is 1.49. The molecule has 1 amide bonds. The van der Waals surface area contributed by atoms with Crippen molar-refractivity contribution in [2.75, 3.05) is 13.7 Å². The lowest BCUT2D eigenvalue weighted by atomic mass is 10.3. The average molecular weight is 231 g/mol. The Morgan fingerprint density at radius 2 is 2.33 bits per heavy atom. The zero-order valence-corrected chi connectivity index (χ0v) is 9.82. The van der Waals surface area contributed by atoms with Gasteiger partial charge in [0, 0.05) is 20.3 Å². The molecule has 0 bridgehead atoms. The van der Waals surface area contributed by atoms with Crippen LogP contribution in [0.4, 0.5) is 0 Å². The highest BCUT2D eigenvalue weighted by Crippen LogP contribution is 2.14. The van der Waals surface area contributed by atoms with E-state index >= 15 is 0 Å². The van der Waals surface area contributed by atoms with Crippen LogP contribution in [0.5, 0.6) is 0 Å². The topological polar surface area (TPSA) is 45.5 Å². The number of carbonyl (C=O) groups is 1. The molecule has 1 rings (SSSR count). The Labute approximate surface area is 94.1 Å². The minimum Gasteiger partial charge on any atom is -0.394 e. The second-order valence-electron chi connectivity index (χ2n) is 3.60. The van der Waals surface area contributed by atoms with Crippen molar-refractivity contribution in [1.29, 1.82) is 0 Å². The van der Waals surface area contributed by atoms with Gasteiger partial charge in [0.25, 0.3) is 5.91 Å². The summed E-state index contributed by atoms with van der Waals surface area (Å²) in [6, 6.07) is 1.41. The van der Waals surface area contributed by atoms with Crippen LogP contribution in [0.2, 0.25) is 5.02 Å². The van der Waals surface area contributed by atoms with Crippen molar-refractivity contribution in [3.05, 3.63) is 23.0 Å². The summed E-state index contributed by atoms with van der Waals surface area (Å²) >= 11 is 5.79. The van der Waals surface area contributed by atoms with Crippen LogP contribution in [0.25, 0.3) is 0 Å². The average Bonchev–Trinajstić information content (AvgIpc) is 2.54. The van der Waals surface area contributed by atoms with E-state index in [0.29, 0.717) is 10.7 Å². The zero-order valence-electron chi connectivity index (χ0n) is 9.07. The van der Waals surface area contributed by atoms with Gasteiger partial charge in [-0.2, -0.15) is 0 Å². The summed E-state index contributed by atoms with van der Waals surface area (Å²) in [5, 5.41) is 9.48. The van der Waals surface area contributed by atoms with Crippen molar-refractivity contribution >= 4 is 17.5 Å². The third-order valence-electron chi connectivity index (χ3n) is 2.44. The predicted molar refractivity (Wildman–Crippen MR) is 59.1 cm³/mol. The smallest absolute Gasteiger partial charge is 0.270 e.